The molecule has 4 saturated heterocycles. The summed E-state index contributed by atoms with van der Waals surface area (Å²) in [6, 6.07) is 0. The van der Waals surface area contributed by atoms with Crippen LogP contribution in [-0.2, 0) is 57.3 Å². The van der Waals surface area contributed by atoms with E-state index in [4.69, 9.17) is 0 Å². The Labute approximate surface area is 185 Å². The van der Waals surface area contributed by atoms with Crippen LogP contribution in [0.4, 0.5) is 0 Å². The molecule has 7 fully saturated rings. The topological polar surface area (TPSA) is 173 Å². The highest BCUT2D eigenvalue weighted by atomic mass is 16.6. The second-order valence-electron chi connectivity index (χ2n) is 8.73. The Morgan fingerprint density at radius 2 is 0.576 bits per heavy atom. The number of esters is 8. The van der Waals surface area contributed by atoms with Gasteiger partial charge in [0.05, 0.1) is 47.3 Å². The first-order valence-electron chi connectivity index (χ1n) is 10.7. The zero-order valence-corrected chi connectivity index (χ0v) is 17.4. The lowest BCUT2D eigenvalue weighted by Gasteiger charge is -2.33. The van der Waals surface area contributed by atoms with Gasteiger partial charge in [0.1, 0.15) is 0 Å². The molecule has 3 aliphatic carbocycles. The number of cyclic esters (lactones) is 8. The zero-order chi connectivity index (χ0) is 23.9. The van der Waals surface area contributed by atoms with Crippen LogP contribution < -0.4 is 0 Å². The highest BCUT2D eigenvalue weighted by Crippen LogP contribution is 2.63. The molecule has 3 saturated carbocycles. The Kier molecular flexibility index (Phi) is 4.56. The highest BCUT2D eigenvalue weighted by molar-refractivity contribution is 6.10. The first-order chi connectivity index (χ1) is 15.7. The number of ether oxygens (including phenoxy) is 4. The van der Waals surface area contributed by atoms with Crippen LogP contribution in [0, 0.1) is 59.2 Å². The summed E-state index contributed by atoms with van der Waals surface area (Å²) in [6.07, 6.45) is 0.576. The number of hydrogen-bond donors (Lipinski definition) is 0. The van der Waals surface area contributed by atoms with Crippen molar-refractivity contribution < 1.29 is 57.3 Å². The molecule has 4 heterocycles. The van der Waals surface area contributed by atoms with Gasteiger partial charge in [-0.25, -0.2) is 0 Å². The van der Waals surface area contributed by atoms with Crippen LogP contribution >= 0.6 is 0 Å². The van der Waals surface area contributed by atoms with Gasteiger partial charge in [-0.05, 0) is 18.3 Å². The van der Waals surface area contributed by atoms with Crippen molar-refractivity contribution in [2.24, 2.45) is 59.2 Å². The van der Waals surface area contributed by atoms with E-state index in [2.05, 4.69) is 18.9 Å². The van der Waals surface area contributed by atoms with Crippen LogP contribution in [0.2, 0.25) is 0 Å². The molecule has 12 heteroatoms. The molecule has 0 aromatic heterocycles. The average molecular weight is 462 g/mol. The Morgan fingerprint density at radius 3 is 0.788 bits per heavy atom. The lowest BCUT2D eigenvalue weighted by Crippen LogP contribution is -2.50. The number of rotatable bonds is 0. The Balaban J connectivity index is 0.000000131. The Bertz CT molecular complexity index is 891. The second kappa shape index (κ2) is 7.03. The van der Waals surface area contributed by atoms with Gasteiger partial charge in [-0.1, -0.05) is 13.8 Å². The van der Waals surface area contributed by atoms with Gasteiger partial charge in [-0.3, -0.25) is 38.4 Å². The molecule has 4 atom stereocenters. The van der Waals surface area contributed by atoms with E-state index in [0.717, 1.165) is 0 Å². The van der Waals surface area contributed by atoms with Gasteiger partial charge in [0.25, 0.3) is 0 Å². The molecule has 0 aromatic carbocycles. The largest absolute Gasteiger partial charge is 0.393 e. The molecule has 7 rings (SSSR count). The monoisotopic (exact) mass is 462 g/mol. The molecule has 33 heavy (non-hydrogen) atoms. The predicted molar refractivity (Wildman–Crippen MR) is 95.3 cm³/mol. The summed E-state index contributed by atoms with van der Waals surface area (Å²) in [4.78, 5) is 90.5. The Morgan fingerprint density at radius 1 is 0.394 bits per heavy atom. The van der Waals surface area contributed by atoms with E-state index >= 15 is 0 Å². The average Bonchev–Trinajstić information content (AvgIpc) is 3.50. The lowest BCUT2D eigenvalue weighted by atomic mass is 9.59. The van der Waals surface area contributed by atoms with E-state index in [9.17, 15) is 38.4 Å². The van der Waals surface area contributed by atoms with Crippen LogP contribution in [0.5, 0.6) is 0 Å². The minimum atomic E-state index is -0.786. The van der Waals surface area contributed by atoms with Crippen molar-refractivity contribution >= 4 is 47.8 Å². The second-order valence-corrected chi connectivity index (χ2v) is 8.73. The van der Waals surface area contributed by atoms with E-state index in [1.165, 1.54) is 0 Å². The fourth-order valence-corrected chi connectivity index (χ4v) is 6.56. The van der Waals surface area contributed by atoms with Crippen molar-refractivity contribution in [3.63, 3.8) is 0 Å². The van der Waals surface area contributed by atoms with Gasteiger partial charge in [-0.15, -0.1) is 0 Å². The maximum absolute atomic E-state index is 11.6. The molecule has 0 amide bonds. The SMILES string of the molecule is CC.O=C1OC(=O)C2C1C1C(=O)OC(=O)C21.O=C1OC(=O)C2C3CC(C12)C1C(=O)OC(=O)C31. The summed E-state index contributed by atoms with van der Waals surface area (Å²) >= 11 is 0. The van der Waals surface area contributed by atoms with Gasteiger partial charge < -0.3 is 18.9 Å². The molecule has 0 N–H and O–H groups in total. The quantitative estimate of drug-likeness (QED) is 0.242. The third kappa shape index (κ3) is 2.57. The van der Waals surface area contributed by atoms with E-state index < -0.39 is 95.1 Å². The molecule has 7 aliphatic rings. The molecule has 4 unspecified atom stereocenters. The highest BCUT2D eigenvalue weighted by Gasteiger charge is 2.73. The van der Waals surface area contributed by atoms with Gasteiger partial charge in [0.15, 0.2) is 0 Å². The molecular weight excluding hydrogens is 444 g/mol. The first-order valence-corrected chi connectivity index (χ1v) is 10.7. The third-order valence-corrected chi connectivity index (χ3v) is 7.69. The maximum Gasteiger partial charge on any atom is 0.318 e. The maximum atomic E-state index is 11.6. The summed E-state index contributed by atoms with van der Waals surface area (Å²) < 4.78 is 17.9. The van der Waals surface area contributed by atoms with E-state index in [-0.39, 0.29) is 11.8 Å². The summed E-state index contributed by atoms with van der Waals surface area (Å²) in [6.45, 7) is 4.00. The van der Waals surface area contributed by atoms with Crippen LogP contribution in [0.15, 0.2) is 0 Å². The Hall–Kier alpha value is -3.44. The van der Waals surface area contributed by atoms with Gasteiger partial charge >= 0.3 is 47.8 Å². The van der Waals surface area contributed by atoms with E-state index in [0.29, 0.717) is 6.42 Å². The van der Waals surface area contributed by atoms with Crippen LogP contribution in [0.3, 0.4) is 0 Å². The number of carbonyl (C=O) groups is 8. The van der Waals surface area contributed by atoms with Crippen LogP contribution in [-0.4, -0.2) is 47.8 Å². The van der Waals surface area contributed by atoms with E-state index in [1.807, 2.05) is 13.8 Å². The molecular formula is C21H18O12. The normalized spacial score (nSPS) is 44.8. The molecule has 0 radical (unpaired) electrons. The minimum absolute atomic E-state index is 0.257. The fourth-order valence-electron chi connectivity index (χ4n) is 6.56. The molecule has 174 valence electrons. The molecule has 2 bridgehead atoms. The summed E-state index contributed by atoms with van der Waals surface area (Å²) in [7, 11) is 0. The molecule has 0 aromatic rings. The molecule has 4 aliphatic heterocycles. The number of hydrogen-bond acceptors (Lipinski definition) is 12. The standard InChI is InChI=1S/C11H8O6.C8H4O6.C2H6/c12-8-4-2-1-3(6(4)10(14)16-8)7-5(2)9(13)17-11(7)15;9-5-1-2(6(10)13-5)4-3(1)7(11)14-8(4)12;1-2/h2-7H,1H2;1-4H;1-2H3. The lowest BCUT2D eigenvalue weighted by molar-refractivity contribution is -0.158. The smallest absolute Gasteiger partial charge is 0.318 e. The number of carbonyl (C=O) groups excluding carboxylic acids is 8. The molecule has 0 spiro atoms. The minimum Gasteiger partial charge on any atom is -0.393 e. The zero-order valence-electron chi connectivity index (χ0n) is 17.4. The van der Waals surface area contributed by atoms with Crippen LogP contribution in [0.1, 0.15) is 20.3 Å². The van der Waals surface area contributed by atoms with Gasteiger partial charge in [-0.2, -0.15) is 0 Å². The van der Waals surface area contributed by atoms with Crippen molar-refractivity contribution in [3.8, 4) is 0 Å². The summed E-state index contributed by atoms with van der Waals surface area (Å²) in [5.41, 5.74) is 0. The van der Waals surface area contributed by atoms with Crippen LogP contribution in [0.25, 0.3) is 0 Å². The van der Waals surface area contributed by atoms with Crippen molar-refractivity contribution in [3.05, 3.63) is 0 Å². The van der Waals surface area contributed by atoms with Crippen molar-refractivity contribution in [2.45, 2.75) is 20.3 Å². The fraction of sp³-hybridized carbons (Fsp3) is 0.619. The summed E-state index contributed by atoms with van der Waals surface area (Å²) in [5, 5.41) is 0. The van der Waals surface area contributed by atoms with Gasteiger partial charge in [0, 0.05) is 0 Å². The first kappa shape index (κ1) is 21.4. The predicted octanol–water partition coefficient (Wildman–Crippen LogP) is -1.07. The van der Waals surface area contributed by atoms with Gasteiger partial charge in [0.2, 0.25) is 0 Å². The van der Waals surface area contributed by atoms with Crippen molar-refractivity contribution in [2.75, 3.05) is 0 Å². The molecule has 12 nitrogen and oxygen atoms in total. The van der Waals surface area contributed by atoms with Crippen molar-refractivity contribution in [1.29, 1.82) is 0 Å². The number of fused-ring (bicyclic) bond motifs is 12. The van der Waals surface area contributed by atoms with E-state index in [1.54, 1.807) is 0 Å². The third-order valence-electron chi connectivity index (χ3n) is 7.69. The van der Waals surface area contributed by atoms with Crippen molar-refractivity contribution in [1.82, 2.24) is 0 Å². The summed E-state index contributed by atoms with van der Waals surface area (Å²) in [5.74, 6) is -10.8.